The van der Waals surface area contributed by atoms with Crippen LogP contribution in [0.4, 0.5) is 0 Å². The van der Waals surface area contributed by atoms with Crippen molar-refractivity contribution in [1.82, 2.24) is 4.90 Å². The van der Waals surface area contributed by atoms with E-state index in [0.29, 0.717) is 37.6 Å². The fourth-order valence-corrected chi connectivity index (χ4v) is 2.14. The van der Waals surface area contributed by atoms with Crippen LogP contribution >= 0.6 is 0 Å². The Balaban J connectivity index is 2.04. The van der Waals surface area contributed by atoms with Crippen molar-refractivity contribution in [2.24, 2.45) is 0 Å². The standard InChI is InChI=1S/C15H21NO4/c1-2-7-19-13-5-3-4-12(9-13)15(18)16-6-8-20-14(10-16)11-17/h3-5,9,14,17H,2,6-8,10-11H2,1H3. The molecule has 2 rings (SSSR count). The van der Waals surface area contributed by atoms with Crippen LogP contribution in [0.2, 0.25) is 0 Å². The predicted molar refractivity (Wildman–Crippen MR) is 75.0 cm³/mol. The van der Waals surface area contributed by atoms with E-state index in [1.54, 1.807) is 17.0 Å². The minimum atomic E-state index is -0.285. The zero-order valence-electron chi connectivity index (χ0n) is 11.7. The number of rotatable bonds is 5. The van der Waals surface area contributed by atoms with Crippen molar-refractivity contribution in [3.05, 3.63) is 29.8 Å². The van der Waals surface area contributed by atoms with Gasteiger partial charge in [-0.1, -0.05) is 13.0 Å². The Morgan fingerprint density at radius 1 is 1.55 bits per heavy atom. The Hall–Kier alpha value is -1.59. The molecule has 110 valence electrons. The summed E-state index contributed by atoms with van der Waals surface area (Å²) in [7, 11) is 0. The molecule has 1 heterocycles. The molecule has 1 aliphatic rings. The van der Waals surface area contributed by atoms with Gasteiger partial charge in [-0.3, -0.25) is 4.79 Å². The predicted octanol–water partition coefficient (Wildman–Crippen LogP) is 1.31. The lowest BCUT2D eigenvalue weighted by Crippen LogP contribution is -2.46. The highest BCUT2D eigenvalue weighted by Gasteiger charge is 2.24. The Labute approximate surface area is 119 Å². The highest BCUT2D eigenvalue weighted by atomic mass is 16.5. The van der Waals surface area contributed by atoms with Gasteiger partial charge in [0.05, 0.1) is 25.9 Å². The SMILES string of the molecule is CCCOc1cccc(C(=O)N2CCOC(CO)C2)c1. The van der Waals surface area contributed by atoms with E-state index in [1.165, 1.54) is 0 Å². The van der Waals surface area contributed by atoms with Crippen LogP contribution in [0.5, 0.6) is 5.75 Å². The summed E-state index contributed by atoms with van der Waals surface area (Å²) in [6, 6.07) is 7.22. The first-order valence-electron chi connectivity index (χ1n) is 6.99. The quantitative estimate of drug-likeness (QED) is 0.883. The molecule has 20 heavy (non-hydrogen) atoms. The average Bonchev–Trinajstić information content (AvgIpc) is 2.52. The number of aliphatic hydroxyl groups excluding tert-OH is 1. The molecule has 1 atom stereocenters. The number of carbonyl (C=O) groups is 1. The van der Waals surface area contributed by atoms with Gasteiger partial charge >= 0.3 is 0 Å². The van der Waals surface area contributed by atoms with Crippen LogP contribution in [0.15, 0.2) is 24.3 Å². The molecule has 0 bridgehead atoms. The zero-order chi connectivity index (χ0) is 14.4. The van der Waals surface area contributed by atoms with Crippen LogP contribution in [0.3, 0.4) is 0 Å². The fourth-order valence-electron chi connectivity index (χ4n) is 2.14. The zero-order valence-corrected chi connectivity index (χ0v) is 11.7. The molecule has 1 unspecified atom stereocenters. The maximum absolute atomic E-state index is 12.4. The Bertz CT molecular complexity index is 449. The number of hydrogen-bond acceptors (Lipinski definition) is 4. The van der Waals surface area contributed by atoms with E-state index in [0.717, 1.165) is 6.42 Å². The fraction of sp³-hybridized carbons (Fsp3) is 0.533. The number of benzene rings is 1. The molecule has 1 N–H and O–H groups in total. The summed E-state index contributed by atoms with van der Waals surface area (Å²) in [5, 5.41) is 9.12. The number of morpholine rings is 1. The van der Waals surface area contributed by atoms with Gasteiger partial charge in [-0.05, 0) is 24.6 Å². The van der Waals surface area contributed by atoms with Crippen molar-refractivity contribution in [2.45, 2.75) is 19.4 Å². The van der Waals surface area contributed by atoms with Crippen molar-refractivity contribution in [3.63, 3.8) is 0 Å². The van der Waals surface area contributed by atoms with E-state index in [9.17, 15) is 4.79 Å². The minimum Gasteiger partial charge on any atom is -0.494 e. The second-order valence-electron chi connectivity index (χ2n) is 4.80. The molecule has 5 heteroatoms. The lowest BCUT2D eigenvalue weighted by molar-refractivity contribution is -0.0447. The van der Waals surface area contributed by atoms with E-state index >= 15 is 0 Å². The van der Waals surface area contributed by atoms with Crippen LogP contribution in [-0.4, -0.2) is 54.9 Å². The topological polar surface area (TPSA) is 59.0 Å². The van der Waals surface area contributed by atoms with Gasteiger partial charge in [-0.15, -0.1) is 0 Å². The van der Waals surface area contributed by atoms with Crippen molar-refractivity contribution in [2.75, 3.05) is 32.9 Å². The molecule has 1 saturated heterocycles. The van der Waals surface area contributed by atoms with Gasteiger partial charge in [-0.2, -0.15) is 0 Å². The first-order valence-corrected chi connectivity index (χ1v) is 6.99. The summed E-state index contributed by atoms with van der Waals surface area (Å²) in [6.07, 6.45) is 0.645. The third-order valence-electron chi connectivity index (χ3n) is 3.18. The maximum Gasteiger partial charge on any atom is 0.254 e. The second kappa shape index (κ2) is 7.26. The van der Waals surface area contributed by atoms with Crippen LogP contribution in [0, 0.1) is 0 Å². The van der Waals surface area contributed by atoms with Crippen LogP contribution in [0.25, 0.3) is 0 Å². The minimum absolute atomic E-state index is 0.0475. The summed E-state index contributed by atoms with van der Waals surface area (Å²) < 4.78 is 10.9. The number of nitrogens with zero attached hydrogens (tertiary/aromatic N) is 1. The monoisotopic (exact) mass is 279 g/mol. The van der Waals surface area contributed by atoms with Crippen molar-refractivity contribution >= 4 is 5.91 Å². The highest BCUT2D eigenvalue weighted by Crippen LogP contribution is 2.17. The molecule has 1 aromatic carbocycles. The normalized spacial score (nSPS) is 18.9. The number of hydrogen-bond donors (Lipinski definition) is 1. The van der Waals surface area contributed by atoms with Gasteiger partial charge in [0.1, 0.15) is 5.75 Å². The van der Waals surface area contributed by atoms with E-state index in [1.807, 2.05) is 19.1 Å². The van der Waals surface area contributed by atoms with E-state index in [2.05, 4.69) is 0 Å². The molecule has 0 aliphatic carbocycles. The lowest BCUT2D eigenvalue weighted by atomic mass is 10.1. The number of amides is 1. The highest BCUT2D eigenvalue weighted by molar-refractivity contribution is 5.94. The summed E-state index contributed by atoms with van der Waals surface area (Å²) in [5.41, 5.74) is 0.609. The molecule has 0 radical (unpaired) electrons. The van der Waals surface area contributed by atoms with Gasteiger partial charge in [0.25, 0.3) is 5.91 Å². The Morgan fingerprint density at radius 3 is 3.15 bits per heavy atom. The van der Waals surface area contributed by atoms with Crippen LogP contribution < -0.4 is 4.74 Å². The number of carbonyl (C=O) groups excluding carboxylic acids is 1. The van der Waals surface area contributed by atoms with Crippen molar-refractivity contribution < 1.29 is 19.4 Å². The van der Waals surface area contributed by atoms with Gasteiger partial charge in [0.15, 0.2) is 0 Å². The van der Waals surface area contributed by atoms with Crippen LogP contribution in [0.1, 0.15) is 23.7 Å². The molecule has 1 aromatic rings. The first kappa shape index (κ1) is 14.8. The molecule has 0 aromatic heterocycles. The lowest BCUT2D eigenvalue weighted by Gasteiger charge is -2.32. The van der Waals surface area contributed by atoms with Crippen molar-refractivity contribution in [1.29, 1.82) is 0 Å². The molecule has 0 spiro atoms. The molecule has 5 nitrogen and oxygen atoms in total. The van der Waals surface area contributed by atoms with Crippen LogP contribution in [-0.2, 0) is 4.74 Å². The smallest absolute Gasteiger partial charge is 0.254 e. The maximum atomic E-state index is 12.4. The molecular weight excluding hydrogens is 258 g/mol. The van der Waals surface area contributed by atoms with E-state index in [4.69, 9.17) is 14.6 Å². The van der Waals surface area contributed by atoms with Gasteiger partial charge < -0.3 is 19.5 Å². The summed E-state index contributed by atoms with van der Waals surface area (Å²) >= 11 is 0. The Kier molecular flexibility index (Phi) is 5.38. The molecule has 1 amide bonds. The summed E-state index contributed by atoms with van der Waals surface area (Å²) in [5.74, 6) is 0.665. The van der Waals surface area contributed by atoms with E-state index < -0.39 is 0 Å². The number of aliphatic hydroxyl groups is 1. The molecule has 0 saturated carbocycles. The average molecular weight is 279 g/mol. The Morgan fingerprint density at radius 2 is 2.40 bits per heavy atom. The van der Waals surface area contributed by atoms with Gasteiger partial charge in [-0.25, -0.2) is 0 Å². The first-order chi connectivity index (χ1) is 9.74. The molecule has 1 fully saturated rings. The third-order valence-corrected chi connectivity index (χ3v) is 3.18. The molecular formula is C15H21NO4. The summed E-state index contributed by atoms with van der Waals surface area (Å²) in [4.78, 5) is 14.1. The van der Waals surface area contributed by atoms with Gasteiger partial charge in [0, 0.05) is 18.7 Å². The number of ether oxygens (including phenoxy) is 2. The van der Waals surface area contributed by atoms with Crippen molar-refractivity contribution in [3.8, 4) is 5.75 Å². The largest absolute Gasteiger partial charge is 0.494 e. The van der Waals surface area contributed by atoms with Gasteiger partial charge in [0.2, 0.25) is 0 Å². The van der Waals surface area contributed by atoms with E-state index in [-0.39, 0.29) is 18.6 Å². The second-order valence-corrected chi connectivity index (χ2v) is 4.80. The third kappa shape index (κ3) is 3.71. The molecule has 1 aliphatic heterocycles. The summed E-state index contributed by atoms with van der Waals surface area (Å²) in [6.45, 7) is 4.05.